The fourth-order valence-electron chi connectivity index (χ4n) is 3.08. The number of hydrogen-bond donors (Lipinski definition) is 1. The van der Waals surface area contributed by atoms with Crippen LogP contribution in [0.4, 0.5) is 5.69 Å². The normalized spacial score (nSPS) is 11.0. The zero-order chi connectivity index (χ0) is 23.8. The van der Waals surface area contributed by atoms with Crippen LogP contribution in [0, 0.1) is 6.92 Å². The van der Waals surface area contributed by atoms with Crippen LogP contribution < -0.4 is 19.1 Å². The van der Waals surface area contributed by atoms with E-state index in [0.29, 0.717) is 10.8 Å². The lowest BCUT2D eigenvalue weighted by Crippen LogP contribution is -2.41. The van der Waals surface area contributed by atoms with E-state index in [9.17, 15) is 13.2 Å². The molecule has 0 atom stereocenters. The Morgan fingerprint density at radius 1 is 1.03 bits per heavy atom. The molecule has 0 saturated heterocycles. The van der Waals surface area contributed by atoms with E-state index in [1.807, 2.05) is 31.2 Å². The van der Waals surface area contributed by atoms with Gasteiger partial charge in [-0.3, -0.25) is 9.10 Å². The number of methoxy groups -OCH3 is 1. The van der Waals surface area contributed by atoms with Crippen LogP contribution in [0.25, 0.3) is 0 Å². The summed E-state index contributed by atoms with van der Waals surface area (Å²) in [4.78, 5) is 12.7. The van der Waals surface area contributed by atoms with E-state index in [0.717, 1.165) is 15.6 Å². The molecule has 7 nitrogen and oxygen atoms in total. The van der Waals surface area contributed by atoms with Gasteiger partial charge in [0.1, 0.15) is 24.7 Å². The molecule has 0 radical (unpaired) electrons. The van der Waals surface area contributed by atoms with Gasteiger partial charge in [0.15, 0.2) is 0 Å². The Morgan fingerprint density at radius 2 is 1.76 bits per heavy atom. The third-order valence-electron chi connectivity index (χ3n) is 4.81. The minimum Gasteiger partial charge on any atom is -0.497 e. The number of hydrogen-bond acceptors (Lipinski definition) is 5. The maximum Gasteiger partial charge on any atom is 0.264 e. The van der Waals surface area contributed by atoms with E-state index in [-0.39, 0.29) is 23.7 Å². The molecule has 0 aliphatic rings. The molecule has 9 heteroatoms. The molecule has 33 heavy (non-hydrogen) atoms. The Labute approximate surface area is 198 Å². The molecule has 1 amide bonds. The number of benzene rings is 3. The van der Waals surface area contributed by atoms with Crippen molar-refractivity contribution >= 4 is 33.2 Å². The largest absolute Gasteiger partial charge is 0.497 e. The molecule has 3 aromatic rings. The first kappa shape index (κ1) is 24.4. The van der Waals surface area contributed by atoms with Gasteiger partial charge in [0.05, 0.1) is 24.2 Å². The van der Waals surface area contributed by atoms with Gasteiger partial charge >= 0.3 is 0 Å². The highest BCUT2D eigenvalue weighted by Gasteiger charge is 2.27. The molecule has 0 heterocycles. The number of amides is 1. The topological polar surface area (TPSA) is 84.9 Å². The molecule has 0 spiro atoms. The van der Waals surface area contributed by atoms with Gasteiger partial charge in [0.25, 0.3) is 10.0 Å². The molecule has 174 valence electrons. The molecule has 0 aliphatic heterocycles. The van der Waals surface area contributed by atoms with E-state index in [1.165, 1.54) is 25.3 Å². The molecule has 0 saturated carbocycles. The highest BCUT2D eigenvalue weighted by Crippen LogP contribution is 2.27. The standard InChI is InChI=1S/C24H25ClN2O5S/c1-18-6-3-4-9-23(18)32-15-14-26-24(28)17-27(20-8-5-7-19(25)16-20)33(29,30)22-12-10-21(31-2)11-13-22/h3-13,16H,14-15,17H2,1-2H3,(H,26,28). The predicted octanol–water partition coefficient (Wildman–Crippen LogP) is 4.05. The first-order chi connectivity index (χ1) is 15.8. The number of carbonyl (C=O) groups excluding carboxylic acids is 1. The summed E-state index contributed by atoms with van der Waals surface area (Å²) in [5.41, 5.74) is 1.27. The van der Waals surface area contributed by atoms with Crippen molar-refractivity contribution in [1.82, 2.24) is 5.32 Å². The number of nitrogens with one attached hydrogen (secondary N) is 1. The Balaban J connectivity index is 1.73. The first-order valence-corrected chi connectivity index (χ1v) is 12.0. The zero-order valence-corrected chi connectivity index (χ0v) is 19.9. The molecule has 1 N–H and O–H groups in total. The van der Waals surface area contributed by atoms with Crippen LogP contribution in [0.2, 0.25) is 5.02 Å². The third-order valence-corrected chi connectivity index (χ3v) is 6.83. The number of para-hydroxylation sites is 1. The number of rotatable bonds is 10. The van der Waals surface area contributed by atoms with Crippen LogP contribution in [0.1, 0.15) is 5.56 Å². The highest BCUT2D eigenvalue weighted by atomic mass is 35.5. The summed E-state index contributed by atoms with van der Waals surface area (Å²) in [5.74, 6) is 0.782. The smallest absolute Gasteiger partial charge is 0.264 e. The molecule has 3 rings (SSSR count). The quantitative estimate of drug-likeness (QED) is 0.435. The summed E-state index contributed by atoms with van der Waals surface area (Å²) in [6.07, 6.45) is 0. The Kier molecular flexibility index (Phi) is 8.19. The number of nitrogens with zero attached hydrogens (tertiary/aromatic N) is 1. The maximum atomic E-state index is 13.4. The SMILES string of the molecule is COc1ccc(S(=O)(=O)N(CC(=O)NCCOc2ccccc2C)c2cccc(Cl)c2)cc1. The minimum atomic E-state index is -4.04. The first-order valence-electron chi connectivity index (χ1n) is 10.2. The second-order valence-electron chi connectivity index (χ2n) is 7.13. The van der Waals surface area contributed by atoms with Gasteiger partial charge < -0.3 is 14.8 Å². The van der Waals surface area contributed by atoms with Crippen molar-refractivity contribution < 1.29 is 22.7 Å². The summed E-state index contributed by atoms with van der Waals surface area (Å²) >= 11 is 6.08. The molecule has 0 fully saturated rings. The van der Waals surface area contributed by atoms with Crippen LogP contribution in [0.5, 0.6) is 11.5 Å². The molecule has 0 unspecified atom stereocenters. The summed E-state index contributed by atoms with van der Waals surface area (Å²) in [6, 6.07) is 19.9. The fraction of sp³-hybridized carbons (Fsp3) is 0.208. The molecule has 0 bridgehead atoms. The molecule has 0 aliphatic carbocycles. The lowest BCUT2D eigenvalue weighted by molar-refractivity contribution is -0.119. The zero-order valence-electron chi connectivity index (χ0n) is 18.3. The lowest BCUT2D eigenvalue weighted by Gasteiger charge is -2.24. The van der Waals surface area contributed by atoms with E-state index in [1.54, 1.807) is 30.3 Å². The van der Waals surface area contributed by atoms with Crippen molar-refractivity contribution in [2.24, 2.45) is 0 Å². The van der Waals surface area contributed by atoms with Gasteiger partial charge in [-0.05, 0) is 61.0 Å². The third kappa shape index (κ3) is 6.40. The minimum absolute atomic E-state index is 0.0268. The monoisotopic (exact) mass is 488 g/mol. The average molecular weight is 489 g/mol. The summed E-state index contributed by atoms with van der Waals surface area (Å²) in [6.45, 7) is 1.98. The van der Waals surface area contributed by atoms with Crippen molar-refractivity contribution in [3.63, 3.8) is 0 Å². The van der Waals surface area contributed by atoms with Crippen molar-refractivity contribution in [3.05, 3.63) is 83.4 Å². The summed E-state index contributed by atoms with van der Waals surface area (Å²) in [5, 5.41) is 3.06. The summed E-state index contributed by atoms with van der Waals surface area (Å²) in [7, 11) is -2.55. The van der Waals surface area contributed by atoms with Gasteiger partial charge in [0.2, 0.25) is 5.91 Å². The van der Waals surface area contributed by atoms with Gasteiger partial charge in [-0.2, -0.15) is 0 Å². The Hall–Kier alpha value is -3.23. The number of carbonyl (C=O) groups is 1. The predicted molar refractivity (Wildman–Crippen MR) is 129 cm³/mol. The highest BCUT2D eigenvalue weighted by molar-refractivity contribution is 7.92. The van der Waals surface area contributed by atoms with Crippen LogP contribution in [-0.2, 0) is 14.8 Å². The van der Waals surface area contributed by atoms with Crippen LogP contribution >= 0.6 is 11.6 Å². The Bertz CT molecular complexity index is 1200. The van der Waals surface area contributed by atoms with Crippen molar-refractivity contribution in [1.29, 1.82) is 0 Å². The summed E-state index contributed by atoms with van der Waals surface area (Å²) < 4.78 is 38.5. The number of sulfonamides is 1. The van der Waals surface area contributed by atoms with Gasteiger partial charge in [-0.15, -0.1) is 0 Å². The molecular weight excluding hydrogens is 464 g/mol. The average Bonchev–Trinajstić information content (AvgIpc) is 2.81. The number of halogens is 1. The van der Waals surface area contributed by atoms with Crippen LogP contribution in [0.15, 0.2) is 77.7 Å². The van der Waals surface area contributed by atoms with Crippen molar-refractivity contribution in [2.75, 3.05) is 31.1 Å². The van der Waals surface area contributed by atoms with Gasteiger partial charge in [-0.1, -0.05) is 35.9 Å². The van der Waals surface area contributed by atoms with E-state index in [4.69, 9.17) is 21.1 Å². The second kappa shape index (κ2) is 11.1. The second-order valence-corrected chi connectivity index (χ2v) is 9.43. The van der Waals surface area contributed by atoms with Crippen molar-refractivity contribution in [2.45, 2.75) is 11.8 Å². The van der Waals surface area contributed by atoms with Gasteiger partial charge in [-0.25, -0.2) is 8.42 Å². The fourth-order valence-corrected chi connectivity index (χ4v) is 4.67. The number of anilines is 1. The van der Waals surface area contributed by atoms with Crippen LogP contribution in [-0.4, -0.2) is 41.1 Å². The lowest BCUT2D eigenvalue weighted by atomic mass is 10.2. The van der Waals surface area contributed by atoms with E-state index < -0.39 is 22.5 Å². The molecule has 3 aromatic carbocycles. The van der Waals surface area contributed by atoms with Crippen LogP contribution in [0.3, 0.4) is 0 Å². The molecule has 0 aromatic heterocycles. The van der Waals surface area contributed by atoms with E-state index in [2.05, 4.69) is 5.32 Å². The number of ether oxygens (including phenoxy) is 2. The van der Waals surface area contributed by atoms with Crippen molar-refractivity contribution in [3.8, 4) is 11.5 Å². The molecular formula is C24H25ClN2O5S. The maximum absolute atomic E-state index is 13.4. The Morgan fingerprint density at radius 3 is 2.42 bits per heavy atom. The number of aryl methyl sites for hydroxylation is 1. The van der Waals surface area contributed by atoms with E-state index >= 15 is 0 Å². The van der Waals surface area contributed by atoms with Gasteiger partial charge in [0, 0.05) is 5.02 Å².